The van der Waals surface area contributed by atoms with Gasteiger partial charge in [0, 0.05) is 43.5 Å². The second kappa shape index (κ2) is 7.85. The molecule has 6 nitrogen and oxygen atoms in total. The second-order valence-electron chi connectivity index (χ2n) is 8.23. The smallest absolute Gasteiger partial charge is 0.263 e. The van der Waals surface area contributed by atoms with Crippen LogP contribution in [0.2, 0.25) is 0 Å². The molecule has 0 radical (unpaired) electrons. The van der Waals surface area contributed by atoms with Crippen LogP contribution in [0.3, 0.4) is 0 Å². The molecule has 28 heavy (non-hydrogen) atoms. The molecule has 1 fully saturated rings. The van der Waals surface area contributed by atoms with Gasteiger partial charge in [0.15, 0.2) is 0 Å². The number of nitrogens with zero attached hydrogens (tertiary/aromatic N) is 4. The molecule has 1 aliphatic heterocycles. The minimum atomic E-state index is 0.0248. The number of aryl methyl sites for hydroxylation is 2. The molecular formula is C21H30N4O2S. The molecule has 1 saturated heterocycles. The Bertz CT molecular complexity index is 938. The van der Waals surface area contributed by atoms with Gasteiger partial charge in [-0.15, -0.1) is 11.3 Å². The van der Waals surface area contributed by atoms with E-state index in [-0.39, 0.29) is 17.4 Å². The number of hydrogen-bond donors (Lipinski definition) is 0. The highest BCUT2D eigenvalue weighted by molar-refractivity contribution is 7.18. The lowest BCUT2D eigenvalue weighted by Crippen LogP contribution is -2.51. The van der Waals surface area contributed by atoms with Gasteiger partial charge in [-0.1, -0.05) is 20.8 Å². The highest BCUT2D eigenvalue weighted by Crippen LogP contribution is 2.34. The van der Waals surface area contributed by atoms with E-state index in [2.05, 4.69) is 11.8 Å². The third-order valence-electron chi connectivity index (χ3n) is 5.87. The number of piperazine rings is 1. The van der Waals surface area contributed by atoms with Crippen molar-refractivity contribution in [3.05, 3.63) is 20.8 Å². The van der Waals surface area contributed by atoms with Crippen LogP contribution in [0, 0.1) is 5.92 Å². The van der Waals surface area contributed by atoms with Crippen molar-refractivity contribution in [3.63, 3.8) is 0 Å². The summed E-state index contributed by atoms with van der Waals surface area (Å²) < 4.78 is 1.88. The van der Waals surface area contributed by atoms with Gasteiger partial charge in [0.2, 0.25) is 11.9 Å². The number of aromatic nitrogens is 2. The molecule has 2 aromatic rings. The topological polar surface area (TPSA) is 58.4 Å². The molecule has 2 aromatic heterocycles. The summed E-state index contributed by atoms with van der Waals surface area (Å²) in [6.07, 6.45) is 5.36. The fourth-order valence-electron chi connectivity index (χ4n) is 4.39. The molecule has 4 rings (SSSR count). The van der Waals surface area contributed by atoms with Gasteiger partial charge in [0.05, 0.1) is 5.39 Å². The zero-order chi connectivity index (χ0) is 19.8. The van der Waals surface area contributed by atoms with E-state index in [1.807, 2.05) is 23.3 Å². The molecule has 0 aromatic carbocycles. The van der Waals surface area contributed by atoms with Crippen LogP contribution >= 0.6 is 11.3 Å². The number of carbonyl (C=O) groups excluding carboxylic acids is 1. The summed E-state index contributed by atoms with van der Waals surface area (Å²) in [7, 11) is 0. The lowest BCUT2D eigenvalue weighted by Gasteiger charge is -2.36. The van der Waals surface area contributed by atoms with Crippen LogP contribution < -0.4 is 10.5 Å². The first kappa shape index (κ1) is 19.4. The van der Waals surface area contributed by atoms with Crippen LogP contribution in [0.15, 0.2) is 4.79 Å². The first-order valence-electron chi connectivity index (χ1n) is 10.6. The third-order valence-corrected chi connectivity index (χ3v) is 7.06. The molecule has 1 aliphatic carbocycles. The molecule has 0 saturated carbocycles. The van der Waals surface area contributed by atoms with E-state index in [0.717, 1.165) is 48.5 Å². The number of fused-ring (bicyclic) bond motifs is 3. The summed E-state index contributed by atoms with van der Waals surface area (Å²) in [5, 5.41) is 0.866. The maximum Gasteiger partial charge on any atom is 0.263 e. The molecule has 0 atom stereocenters. The maximum atomic E-state index is 13.4. The number of hydrogen-bond acceptors (Lipinski definition) is 5. The largest absolute Gasteiger partial charge is 0.339 e. The first-order chi connectivity index (χ1) is 13.5. The highest BCUT2D eigenvalue weighted by Gasteiger charge is 2.27. The molecule has 1 amide bonds. The van der Waals surface area contributed by atoms with E-state index < -0.39 is 0 Å². The Morgan fingerprint density at radius 1 is 1.14 bits per heavy atom. The summed E-state index contributed by atoms with van der Waals surface area (Å²) >= 11 is 1.71. The van der Waals surface area contributed by atoms with Crippen molar-refractivity contribution in [3.8, 4) is 0 Å². The monoisotopic (exact) mass is 402 g/mol. The summed E-state index contributed by atoms with van der Waals surface area (Å²) in [5.74, 6) is 1.02. The number of carbonyl (C=O) groups is 1. The second-order valence-corrected chi connectivity index (χ2v) is 9.31. The van der Waals surface area contributed by atoms with Gasteiger partial charge < -0.3 is 9.80 Å². The van der Waals surface area contributed by atoms with Gasteiger partial charge in [-0.3, -0.25) is 14.2 Å². The average Bonchev–Trinajstić information content (AvgIpc) is 3.08. The summed E-state index contributed by atoms with van der Waals surface area (Å²) in [4.78, 5) is 37.1. The van der Waals surface area contributed by atoms with Crippen molar-refractivity contribution in [2.75, 3.05) is 31.1 Å². The van der Waals surface area contributed by atoms with Crippen LogP contribution in [-0.2, 0) is 24.2 Å². The molecule has 3 heterocycles. The van der Waals surface area contributed by atoms with E-state index in [9.17, 15) is 9.59 Å². The molecule has 0 unspecified atom stereocenters. The van der Waals surface area contributed by atoms with Gasteiger partial charge in [-0.05, 0) is 37.7 Å². The fraction of sp³-hybridized carbons (Fsp3) is 0.667. The van der Waals surface area contributed by atoms with Crippen molar-refractivity contribution in [2.24, 2.45) is 5.92 Å². The van der Waals surface area contributed by atoms with Crippen LogP contribution in [0.1, 0.15) is 50.5 Å². The minimum absolute atomic E-state index is 0.0248. The van der Waals surface area contributed by atoms with Crippen molar-refractivity contribution in [2.45, 2.75) is 59.4 Å². The van der Waals surface area contributed by atoms with Crippen LogP contribution in [0.4, 0.5) is 5.95 Å². The lowest BCUT2D eigenvalue weighted by molar-refractivity contribution is -0.134. The predicted octanol–water partition coefficient (Wildman–Crippen LogP) is 3.05. The molecular weight excluding hydrogens is 372 g/mol. The zero-order valence-electron chi connectivity index (χ0n) is 17.2. The summed E-state index contributed by atoms with van der Waals surface area (Å²) in [6.45, 7) is 9.52. The molecule has 152 valence electrons. The number of thiophene rings is 1. The third kappa shape index (κ3) is 3.34. The van der Waals surface area contributed by atoms with Gasteiger partial charge in [-0.25, -0.2) is 4.98 Å². The Morgan fingerprint density at radius 3 is 2.54 bits per heavy atom. The minimum Gasteiger partial charge on any atom is -0.339 e. The van der Waals surface area contributed by atoms with E-state index in [1.165, 1.54) is 23.3 Å². The van der Waals surface area contributed by atoms with E-state index in [4.69, 9.17) is 4.98 Å². The normalized spacial score (nSPS) is 17.4. The molecule has 0 spiro atoms. The SMILES string of the molecule is CCCn1c(N2CCN(C(=O)C(C)C)CC2)nc2sc3c(c2c1=O)CCCC3. The number of anilines is 1. The Labute approximate surface area is 170 Å². The van der Waals surface area contributed by atoms with Gasteiger partial charge in [0.1, 0.15) is 4.83 Å². The van der Waals surface area contributed by atoms with Crippen molar-refractivity contribution in [1.29, 1.82) is 0 Å². The molecule has 0 bridgehead atoms. The quantitative estimate of drug-likeness (QED) is 0.789. The average molecular weight is 403 g/mol. The number of rotatable bonds is 4. The van der Waals surface area contributed by atoms with Crippen molar-refractivity contribution >= 4 is 33.4 Å². The molecule has 2 aliphatic rings. The Morgan fingerprint density at radius 2 is 1.86 bits per heavy atom. The Kier molecular flexibility index (Phi) is 5.45. The van der Waals surface area contributed by atoms with Gasteiger partial charge in [-0.2, -0.15) is 0 Å². The Hall–Kier alpha value is -1.89. The van der Waals surface area contributed by atoms with E-state index >= 15 is 0 Å². The van der Waals surface area contributed by atoms with Crippen molar-refractivity contribution in [1.82, 2.24) is 14.5 Å². The molecule has 7 heteroatoms. The van der Waals surface area contributed by atoms with Gasteiger partial charge >= 0.3 is 0 Å². The van der Waals surface area contributed by atoms with E-state index in [1.54, 1.807) is 11.3 Å². The molecule has 0 N–H and O–H groups in total. The lowest BCUT2D eigenvalue weighted by atomic mass is 9.97. The standard InChI is InChI=1S/C21H30N4O2S/c1-4-9-25-20(27)17-15-7-5-6-8-16(15)28-18(17)22-21(25)24-12-10-23(11-13-24)19(26)14(2)3/h14H,4-13H2,1-3H3. The summed E-state index contributed by atoms with van der Waals surface area (Å²) in [6, 6.07) is 0. The van der Waals surface area contributed by atoms with Crippen LogP contribution in [0.5, 0.6) is 0 Å². The zero-order valence-corrected chi connectivity index (χ0v) is 18.0. The Balaban J connectivity index is 1.70. The predicted molar refractivity (Wildman–Crippen MR) is 114 cm³/mol. The number of amides is 1. The highest BCUT2D eigenvalue weighted by atomic mass is 32.1. The maximum absolute atomic E-state index is 13.4. The van der Waals surface area contributed by atoms with Crippen LogP contribution in [0.25, 0.3) is 10.2 Å². The van der Waals surface area contributed by atoms with Crippen molar-refractivity contribution < 1.29 is 4.79 Å². The van der Waals surface area contributed by atoms with Gasteiger partial charge in [0.25, 0.3) is 5.56 Å². The first-order valence-corrected chi connectivity index (χ1v) is 11.4. The fourth-order valence-corrected chi connectivity index (χ4v) is 5.63. The summed E-state index contributed by atoms with van der Waals surface area (Å²) in [5.41, 5.74) is 1.38. The van der Waals surface area contributed by atoms with Crippen LogP contribution in [-0.4, -0.2) is 46.5 Å². The van der Waals surface area contributed by atoms with E-state index in [0.29, 0.717) is 19.6 Å².